The van der Waals surface area contributed by atoms with Crippen molar-refractivity contribution in [2.24, 2.45) is 5.73 Å². The fraction of sp³-hybridized carbons (Fsp3) is 0.273. The third kappa shape index (κ3) is 3.44. The van der Waals surface area contributed by atoms with Gasteiger partial charge in [0.05, 0.1) is 5.69 Å². The number of anilines is 1. The maximum atomic E-state index is 13.7. The van der Waals surface area contributed by atoms with Crippen LogP contribution in [-0.2, 0) is 6.42 Å². The van der Waals surface area contributed by atoms with Gasteiger partial charge in [-0.25, -0.2) is 9.18 Å². The fourth-order valence-corrected chi connectivity index (χ4v) is 1.44. The molecular weight excluding hydrogens is 223 g/mol. The first kappa shape index (κ1) is 13.0. The van der Waals surface area contributed by atoms with Crippen LogP contribution in [0.3, 0.4) is 0 Å². The number of guanidine groups is 1. The number of rotatable bonds is 2. The average molecular weight is 238 g/mol. The summed E-state index contributed by atoms with van der Waals surface area (Å²) in [5.74, 6) is -0.994. The Bertz CT molecular complexity index is 436. The molecule has 1 aromatic rings. The van der Waals surface area contributed by atoms with Crippen molar-refractivity contribution in [2.45, 2.75) is 20.3 Å². The molecule has 92 valence electrons. The number of nitrogens with one attached hydrogen (secondary N) is 3. The Hall–Kier alpha value is -2.11. The summed E-state index contributed by atoms with van der Waals surface area (Å²) in [6, 6.07) is 2.44. The van der Waals surface area contributed by atoms with Crippen molar-refractivity contribution < 1.29 is 9.18 Å². The van der Waals surface area contributed by atoms with Crippen LogP contribution in [0.4, 0.5) is 14.9 Å². The summed E-state index contributed by atoms with van der Waals surface area (Å²) in [5, 5.41) is 11.2. The summed E-state index contributed by atoms with van der Waals surface area (Å²) >= 11 is 0. The van der Waals surface area contributed by atoms with Crippen molar-refractivity contribution in [1.82, 2.24) is 5.32 Å². The molecule has 0 aliphatic rings. The van der Waals surface area contributed by atoms with E-state index in [9.17, 15) is 9.18 Å². The highest BCUT2D eigenvalue weighted by molar-refractivity contribution is 6.01. The number of carbonyl (C=O) groups excluding carboxylic acids is 1. The van der Waals surface area contributed by atoms with E-state index in [1.807, 2.05) is 12.2 Å². The number of hydrogen-bond acceptors (Lipinski definition) is 2. The molecule has 0 aliphatic heterocycles. The van der Waals surface area contributed by atoms with Gasteiger partial charge in [0.1, 0.15) is 5.82 Å². The number of benzene rings is 1. The van der Waals surface area contributed by atoms with E-state index in [1.54, 1.807) is 13.0 Å². The first-order valence-electron chi connectivity index (χ1n) is 5.15. The fourth-order valence-electron chi connectivity index (χ4n) is 1.44. The lowest BCUT2D eigenvalue weighted by Gasteiger charge is -2.11. The number of nitrogens with two attached hydrogens (primary N) is 1. The monoisotopic (exact) mass is 238 g/mol. The van der Waals surface area contributed by atoms with Gasteiger partial charge in [0.15, 0.2) is 5.96 Å². The molecule has 0 atom stereocenters. The Morgan fingerprint density at radius 2 is 2.18 bits per heavy atom. The number of amides is 2. The van der Waals surface area contributed by atoms with Crippen molar-refractivity contribution in [2.75, 3.05) is 5.32 Å². The second-order valence-corrected chi connectivity index (χ2v) is 3.62. The van der Waals surface area contributed by atoms with Gasteiger partial charge in [-0.2, -0.15) is 0 Å². The van der Waals surface area contributed by atoms with Gasteiger partial charge in [0, 0.05) is 0 Å². The third-order valence-electron chi connectivity index (χ3n) is 2.24. The summed E-state index contributed by atoms with van der Waals surface area (Å²) in [5.41, 5.74) is 6.57. The minimum Gasteiger partial charge on any atom is -0.370 e. The van der Waals surface area contributed by atoms with Crippen molar-refractivity contribution in [3.05, 3.63) is 29.1 Å². The van der Waals surface area contributed by atoms with Crippen molar-refractivity contribution in [1.29, 1.82) is 5.41 Å². The highest BCUT2D eigenvalue weighted by atomic mass is 19.1. The van der Waals surface area contributed by atoms with Crippen LogP contribution in [-0.4, -0.2) is 12.0 Å². The Morgan fingerprint density at radius 1 is 1.53 bits per heavy atom. The molecule has 1 aromatic carbocycles. The summed E-state index contributed by atoms with van der Waals surface area (Å²) < 4.78 is 13.7. The van der Waals surface area contributed by atoms with E-state index in [1.165, 1.54) is 6.07 Å². The molecule has 1 rings (SSSR count). The van der Waals surface area contributed by atoms with E-state index in [4.69, 9.17) is 11.1 Å². The van der Waals surface area contributed by atoms with Crippen LogP contribution in [0.15, 0.2) is 12.1 Å². The van der Waals surface area contributed by atoms with Gasteiger partial charge in [-0.3, -0.25) is 10.7 Å². The Kier molecular flexibility index (Phi) is 4.03. The molecule has 5 nitrogen and oxygen atoms in total. The molecule has 5 N–H and O–H groups in total. The van der Waals surface area contributed by atoms with Crippen LogP contribution in [0.5, 0.6) is 0 Å². The van der Waals surface area contributed by atoms with E-state index < -0.39 is 17.8 Å². The van der Waals surface area contributed by atoms with Gasteiger partial charge < -0.3 is 11.1 Å². The minimum atomic E-state index is -0.733. The van der Waals surface area contributed by atoms with Crippen LogP contribution < -0.4 is 16.4 Å². The summed E-state index contributed by atoms with van der Waals surface area (Å²) in [6.45, 7) is 3.62. The lowest BCUT2D eigenvalue weighted by Crippen LogP contribution is -2.39. The SMILES string of the molecule is CCc1cc(C)c(NC(=O)NC(=N)N)c(F)c1. The molecule has 17 heavy (non-hydrogen) atoms. The van der Waals surface area contributed by atoms with E-state index in [-0.39, 0.29) is 5.69 Å². The molecule has 0 aliphatic carbocycles. The Labute approximate surface area is 98.7 Å². The molecule has 0 radical (unpaired) electrons. The molecule has 0 aromatic heterocycles. The molecular formula is C11H15FN4O. The minimum absolute atomic E-state index is 0.0981. The second kappa shape index (κ2) is 5.29. The first-order valence-corrected chi connectivity index (χ1v) is 5.15. The highest BCUT2D eigenvalue weighted by Crippen LogP contribution is 2.21. The normalized spacial score (nSPS) is 9.82. The zero-order valence-corrected chi connectivity index (χ0v) is 9.73. The molecule has 0 heterocycles. The maximum absolute atomic E-state index is 13.7. The van der Waals surface area contributed by atoms with Crippen LogP contribution >= 0.6 is 0 Å². The molecule has 0 saturated heterocycles. The zero-order valence-electron chi connectivity index (χ0n) is 9.73. The molecule has 0 fully saturated rings. The zero-order chi connectivity index (χ0) is 13.0. The van der Waals surface area contributed by atoms with Crippen molar-refractivity contribution in [3.63, 3.8) is 0 Å². The molecule has 0 saturated carbocycles. The predicted molar refractivity (Wildman–Crippen MR) is 64.6 cm³/mol. The van der Waals surface area contributed by atoms with E-state index in [0.717, 1.165) is 12.0 Å². The van der Waals surface area contributed by atoms with Gasteiger partial charge >= 0.3 is 6.03 Å². The standard InChI is InChI=1S/C11H15FN4O/c1-3-7-4-6(2)9(8(12)5-7)15-11(17)16-10(13)14/h4-5H,3H2,1-2H3,(H5,13,14,15,16,17). The largest absolute Gasteiger partial charge is 0.370 e. The van der Waals surface area contributed by atoms with Gasteiger partial charge in [-0.05, 0) is 30.5 Å². The van der Waals surface area contributed by atoms with Gasteiger partial charge in [0.2, 0.25) is 0 Å². The maximum Gasteiger partial charge on any atom is 0.326 e. The van der Waals surface area contributed by atoms with E-state index in [0.29, 0.717) is 5.56 Å². The van der Waals surface area contributed by atoms with Gasteiger partial charge in [-0.15, -0.1) is 0 Å². The molecule has 0 spiro atoms. The van der Waals surface area contributed by atoms with Crippen molar-refractivity contribution in [3.8, 4) is 0 Å². The van der Waals surface area contributed by atoms with E-state index in [2.05, 4.69) is 5.32 Å². The topological polar surface area (TPSA) is 91.0 Å². The molecule has 2 amide bonds. The number of aryl methyl sites for hydroxylation is 2. The van der Waals surface area contributed by atoms with Gasteiger partial charge in [-0.1, -0.05) is 13.0 Å². The highest BCUT2D eigenvalue weighted by Gasteiger charge is 2.11. The smallest absolute Gasteiger partial charge is 0.326 e. The Balaban J connectivity index is 2.91. The van der Waals surface area contributed by atoms with Crippen molar-refractivity contribution >= 4 is 17.7 Å². The molecule has 0 bridgehead atoms. The lowest BCUT2D eigenvalue weighted by molar-refractivity contribution is 0.256. The van der Waals surface area contributed by atoms with Gasteiger partial charge in [0.25, 0.3) is 0 Å². The molecule has 0 unspecified atom stereocenters. The van der Waals surface area contributed by atoms with Crippen LogP contribution in [0, 0.1) is 18.2 Å². The second-order valence-electron chi connectivity index (χ2n) is 3.62. The summed E-state index contributed by atoms with van der Waals surface area (Å²) in [7, 11) is 0. The van der Waals surface area contributed by atoms with E-state index >= 15 is 0 Å². The lowest BCUT2D eigenvalue weighted by atomic mass is 10.1. The van der Waals surface area contributed by atoms with Crippen LogP contribution in [0.1, 0.15) is 18.1 Å². The first-order chi connectivity index (χ1) is 7.93. The van der Waals surface area contributed by atoms with Crippen LogP contribution in [0.25, 0.3) is 0 Å². The summed E-state index contributed by atoms with van der Waals surface area (Å²) in [6.07, 6.45) is 0.720. The Morgan fingerprint density at radius 3 is 2.65 bits per heavy atom. The summed E-state index contributed by atoms with van der Waals surface area (Å²) in [4.78, 5) is 11.3. The number of urea groups is 1. The van der Waals surface area contributed by atoms with Crippen LogP contribution in [0.2, 0.25) is 0 Å². The predicted octanol–water partition coefficient (Wildman–Crippen LogP) is 1.71. The third-order valence-corrected chi connectivity index (χ3v) is 2.24. The molecule has 6 heteroatoms. The average Bonchev–Trinajstić information content (AvgIpc) is 2.22. The number of hydrogen-bond donors (Lipinski definition) is 4. The number of halogens is 1. The number of carbonyl (C=O) groups is 1. The quantitative estimate of drug-likeness (QED) is 0.466.